The van der Waals surface area contributed by atoms with Crippen LogP contribution in [0.4, 0.5) is 0 Å². The summed E-state index contributed by atoms with van der Waals surface area (Å²) in [5, 5.41) is 18.5. The van der Waals surface area contributed by atoms with Crippen molar-refractivity contribution in [2.45, 2.75) is 113 Å². The molecule has 3 amide bonds. The molecule has 0 radical (unpaired) electrons. The highest BCUT2D eigenvalue weighted by Gasteiger charge is 2.58. The zero-order valence-electron chi connectivity index (χ0n) is 36.6. The zero-order chi connectivity index (χ0) is 45.8. The van der Waals surface area contributed by atoms with E-state index in [1.165, 1.54) is 6.92 Å². The SMILES string of the molecule is CC(=O)N[C@H]1[C@H](O[C@H]2[C@H](OCc3ccccc3)[C@@H](N3C(=O)c4ccccc4C3=O)[C@H](OCCCCCCN=[N+]=[N-])O[C@@H]2COCc2ccccc2)O[C@@H]2CO[C@H](c3ccccc3)O[C@@H]2[C@@H]1O. The van der Waals surface area contributed by atoms with E-state index in [0.29, 0.717) is 19.4 Å². The maximum atomic E-state index is 14.5. The Morgan fingerprint density at radius 1 is 0.788 bits per heavy atom. The summed E-state index contributed by atoms with van der Waals surface area (Å²) in [6.07, 6.45) is -7.01. The predicted octanol–water partition coefficient (Wildman–Crippen LogP) is 6.16. The first-order chi connectivity index (χ1) is 32.3. The molecule has 66 heavy (non-hydrogen) atoms. The molecule has 4 aromatic rings. The Kier molecular flexibility index (Phi) is 16.2. The van der Waals surface area contributed by atoms with E-state index in [4.69, 9.17) is 43.4 Å². The number of imide groups is 1. The molecule has 2 N–H and O–H groups in total. The molecule has 3 saturated heterocycles. The Balaban J connectivity index is 1.15. The maximum Gasteiger partial charge on any atom is 0.262 e. The fraction of sp³-hybridized carbons (Fsp3) is 0.449. The number of nitrogens with one attached hydrogen (secondary N) is 1. The molecule has 11 atom stereocenters. The molecule has 0 aromatic heterocycles. The lowest BCUT2D eigenvalue weighted by molar-refractivity contribution is -0.369. The minimum Gasteiger partial charge on any atom is -0.388 e. The van der Waals surface area contributed by atoms with Gasteiger partial charge in [0.1, 0.15) is 48.7 Å². The molecule has 348 valence electrons. The second-order valence-corrected chi connectivity index (χ2v) is 16.6. The van der Waals surface area contributed by atoms with Gasteiger partial charge in [0.25, 0.3) is 11.8 Å². The fourth-order valence-electron chi connectivity index (χ4n) is 8.82. The highest BCUT2D eigenvalue weighted by Crippen LogP contribution is 2.39. The van der Waals surface area contributed by atoms with Crippen molar-refractivity contribution < 1.29 is 57.4 Å². The molecule has 0 spiro atoms. The van der Waals surface area contributed by atoms with Gasteiger partial charge in [0.05, 0.1) is 37.6 Å². The van der Waals surface area contributed by atoms with Crippen LogP contribution in [0.2, 0.25) is 0 Å². The summed E-state index contributed by atoms with van der Waals surface area (Å²) in [5.74, 6) is -1.58. The standard InChI is InChI=1S/C49H55N5O12/c1-31(55)52-39-41(56)42-38(30-62-47(65-42)34-21-11-6-12-22-34)63-48(39)66-43-37(29-59-27-32-17-7-4-8-18-32)64-49(60-26-16-3-2-15-25-51-53-50)40(44(43)61-28-33-19-9-5-10-20-33)54-45(57)35-23-13-14-24-36(35)46(54)58/h4-14,17-24,37-44,47-49,56H,2-3,15-16,25-30H2,1H3,(H,52,55)/t37-,38-,39-,40-,41-,42+,43-,44-,47+,48+,49-/m1/s1. The number of amides is 3. The van der Waals surface area contributed by atoms with Gasteiger partial charge in [-0.25, -0.2) is 0 Å². The number of carbonyl (C=O) groups excluding carboxylic acids is 3. The van der Waals surface area contributed by atoms with Gasteiger partial charge in [-0.05, 0) is 41.6 Å². The number of unbranched alkanes of at least 4 members (excludes halogenated alkanes) is 3. The first-order valence-corrected chi connectivity index (χ1v) is 22.4. The molecule has 0 saturated carbocycles. The van der Waals surface area contributed by atoms with Crippen molar-refractivity contribution in [2.75, 3.05) is 26.4 Å². The van der Waals surface area contributed by atoms with Crippen molar-refractivity contribution in [1.29, 1.82) is 0 Å². The van der Waals surface area contributed by atoms with Crippen LogP contribution in [0, 0.1) is 0 Å². The van der Waals surface area contributed by atoms with Gasteiger partial charge in [0, 0.05) is 30.6 Å². The van der Waals surface area contributed by atoms with E-state index in [9.17, 15) is 19.5 Å². The Hall–Kier alpha value is -5.56. The third-order valence-electron chi connectivity index (χ3n) is 12.0. The van der Waals surface area contributed by atoms with E-state index < -0.39 is 85.3 Å². The van der Waals surface area contributed by atoms with E-state index in [1.54, 1.807) is 24.3 Å². The second kappa shape index (κ2) is 22.8. The minimum absolute atomic E-state index is 0.0196. The van der Waals surface area contributed by atoms with E-state index in [-0.39, 0.29) is 44.2 Å². The lowest BCUT2D eigenvalue weighted by Crippen LogP contribution is -2.70. The van der Waals surface area contributed by atoms with Crippen molar-refractivity contribution in [3.63, 3.8) is 0 Å². The largest absolute Gasteiger partial charge is 0.388 e. The number of ether oxygens (including phenoxy) is 8. The van der Waals surface area contributed by atoms with Gasteiger partial charge in [-0.3, -0.25) is 19.3 Å². The summed E-state index contributed by atoms with van der Waals surface area (Å²) in [5.41, 5.74) is 11.6. The van der Waals surface area contributed by atoms with Crippen LogP contribution in [0.3, 0.4) is 0 Å². The highest BCUT2D eigenvalue weighted by molar-refractivity contribution is 6.21. The number of azide groups is 1. The van der Waals surface area contributed by atoms with Crippen molar-refractivity contribution in [3.8, 4) is 0 Å². The topological polar surface area (TPSA) is 209 Å². The van der Waals surface area contributed by atoms with Crippen LogP contribution in [0.15, 0.2) is 120 Å². The Morgan fingerprint density at radius 2 is 1.42 bits per heavy atom. The molecular formula is C49H55N5O12. The van der Waals surface area contributed by atoms with Crippen LogP contribution >= 0.6 is 0 Å². The molecule has 4 aromatic carbocycles. The molecule has 0 aliphatic carbocycles. The van der Waals surface area contributed by atoms with Gasteiger partial charge in [-0.2, -0.15) is 0 Å². The third-order valence-corrected chi connectivity index (χ3v) is 12.0. The predicted molar refractivity (Wildman–Crippen MR) is 236 cm³/mol. The van der Waals surface area contributed by atoms with Crippen LogP contribution in [0.1, 0.15) is 76.3 Å². The summed E-state index contributed by atoms with van der Waals surface area (Å²) in [4.78, 5) is 45.8. The zero-order valence-corrected chi connectivity index (χ0v) is 36.6. The summed E-state index contributed by atoms with van der Waals surface area (Å²) < 4.78 is 52.6. The van der Waals surface area contributed by atoms with Crippen LogP contribution in [0.25, 0.3) is 10.4 Å². The molecule has 3 fully saturated rings. The first kappa shape index (κ1) is 47.0. The monoisotopic (exact) mass is 905 g/mol. The van der Waals surface area contributed by atoms with Crippen LogP contribution in [-0.4, -0.2) is 115 Å². The molecule has 0 unspecified atom stereocenters. The number of rotatable bonds is 20. The van der Waals surface area contributed by atoms with E-state index in [2.05, 4.69) is 15.3 Å². The lowest BCUT2D eigenvalue weighted by atomic mass is 9.93. The van der Waals surface area contributed by atoms with Gasteiger partial charge in [0.2, 0.25) is 5.91 Å². The Bertz CT molecular complexity index is 2240. The smallest absolute Gasteiger partial charge is 0.262 e. The summed E-state index contributed by atoms with van der Waals surface area (Å²) in [6, 6.07) is 32.5. The Morgan fingerprint density at radius 3 is 2.09 bits per heavy atom. The Labute approximate surface area is 382 Å². The number of benzene rings is 4. The number of aliphatic hydroxyl groups excluding tert-OH is 1. The summed E-state index contributed by atoms with van der Waals surface area (Å²) in [7, 11) is 0. The molecule has 4 aliphatic heterocycles. The average Bonchev–Trinajstić information content (AvgIpc) is 3.59. The van der Waals surface area contributed by atoms with E-state index in [1.807, 2.05) is 91.0 Å². The van der Waals surface area contributed by atoms with Gasteiger partial charge in [-0.1, -0.05) is 121 Å². The maximum absolute atomic E-state index is 14.5. The average molecular weight is 906 g/mol. The number of nitrogens with zero attached hydrogens (tertiary/aromatic N) is 4. The molecule has 4 heterocycles. The number of hydrogen-bond donors (Lipinski definition) is 2. The van der Waals surface area contributed by atoms with E-state index >= 15 is 0 Å². The number of hydrogen-bond acceptors (Lipinski definition) is 13. The van der Waals surface area contributed by atoms with Gasteiger partial charge >= 0.3 is 0 Å². The van der Waals surface area contributed by atoms with E-state index in [0.717, 1.165) is 34.4 Å². The van der Waals surface area contributed by atoms with Gasteiger partial charge in [-0.15, -0.1) is 0 Å². The summed E-state index contributed by atoms with van der Waals surface area (Å²) >= 11 is 0. The minimum atomic E-state index is -1.36. The number of carbonyl (C=O) groups is 3. The van der Waals surface area contributed by atoms with Crippen molar-refractivity contribution in [3.05, 3.63) is 154 Å². The molecule has 4 aliphatic rings. The van der Waals surface area contributed by atoms with Crippen LogP contribution in [-0.2, 0) is 55.9 Å². The highest BCUT2D eigenvalue weighted by atomic mass is 16.8. The molecule has 17 heteroatoms. The summed E-state index contributed by atoms with van der Waals surface area (Å²) in [6.45, 7) is 2.08. The van der Waals surface area contributed by atoms with Crippen LogP contribution in [0.5, 0.6) is 0 Å². The normalized spacial score (nSPS) is 28.3. The van der Waals surface area contributed by atoms with Crippen molar-refractivity contribution in [1.82, 2.24) is 10.2 Å². The fourth-order valence-corrected chi connectivity index (χ4v) is 8.82. The second-order valence-electron chi connectivity index (χ2n) is 16.6. The molecule has 17 nitrogen and oxygen atoms in total. The molecule has 0 bridgehead atoms. The van der Waals surface area contributed by atoms with Crippen LogP contribution < -0.4 is 5.32 Å². The van der Waals surface area contributed by atoms with Gasteiger partial charge in [0.15, 0.2) is 18.9 Å². The van der Waals surface area contributed by atoms with Gasteiger partial charge < -0.3 is 48.3 Å². The molecule has 8 rings (SSSR count). The molecular weight excluding hydrogens is 851 g/mol. The first-order valence-electron chi connectivity index (χ1n) is 22.4. The number of aliphatic hydroxyl groups is 1. The van der Waals surface area contributed by atoms with Crippen molar-refractivity contribution in [2.24, 2.45) is 5.11 Å². The quantitative estimate of drug-likeness (QED) is 0.0336. The lowest BCUT2D eigenvalue weighted by Gasteiger charge is -2.52. The van der Waals surface area contributed by atoms with Crippen molar-refractivity contribution >= 4 is 17.7 Å². The third kappa shape index (κ3) is 11.2. The number of fused-ring (bicyclic) bond motifs is 2.